The predicted molar refractivity (Wildman–Crippen MR) is 94.7 cm³/mol. The Balaban J connectivity index is 1.97. The lowest BCUT2D eigenvalue weighted by molar-refractivity contribution is 1.26. The van der Waals surface area contributed by atoms with E-state index in [-0.39, 0.29) is 0 Å². The van der Waals surface area contributed by atoms with Crippen molar-refractivity contribution >= 4 is 11.9 Å². The molecule has 1 N–H and O–H groups in total. The minimum absolute atomic E-state index is 0.842. The summed E-state index contributed by atoms with van der Waals surface area (Å²) in [5.41, 5.74) is 6.14. The average molecular weight is 297 g/mol. The molecule has 0 saturated carbocycles. The Bertz CT molecular complexity index is 897. The van der Waals surface area contributed by atoms with E-state index in [0.29, 0.717) is 0 Å². The minimum Gasteiger partial charge on any atom is -0.340 e. The quantitative estimate of drug-likeness (QED) is 0.741. The molecule has 0 unspecified atom stereocenters. The molecular weight excluding hydrogens is 282 g/mol. The zero-order valence-electron chi connectivity index (χ0n) is 12.5. The summed E-state index contributed by atoms with van der Waals surface area (Å²) in [7, 11) is 0. The first-order chi connectivity index (χ1) is 11.3. The highest BCUT2D eigenvalue weighted by molar-refractivity contribution is 5.86. The van der Waals surface area contributed by atoms with Crippen LogP contribution in [0.25, 0.3) is 28.5 Å². The van der Waals surface area contributed by atoms with Crippen LogP contribution in [0, 0.1) is 0 Å². The lowest BCUT2D eigenvalue weighted by Crippen LogP contribution is -2.06. The van der Waals surface area contributed by atoms with E-state index in [4.69, 9.17) is 4.98 Å². The first-order valence-corrected chi connectivity index (χ1v) is 7.46. The monoisotopic (exact) mass is 297 g/mol. The van der Waals surface area contributed by atoms with E-state index in [9.17, 15) is 0 Å². The van der Waals surface area contributed by atoms with Gasteiger partial charge in [0, 0.05) is 34.8 Å². The van der Waals surface area contributed by atoms with Crippen molar-refractivity contribution in [2.45, 2.75) is 0 Å². The molecule has 0 saturated heterocycles. The number of nitrogens with one attached hydrogen (secondary N) is 1. The zero-order valence-corrected chi connectivity index (χ0v) is 12.5. The van der Waals surface area contributed by atoms with E-state index < -0.39 is 0 Å². The summed E-state index contributed by atoms with van der Waals surface area (Å²) >= 11 is 0. The zero-order chi connectivity index (χ0) is 15.6. The van der Waals surface area contributed by atoms with Gasteiger partial charge in [0.1, 0.15) is 5.82 Å². The number of anilines is 1. The average Bonchev–Trinajstić information content (AvgIpc) is 2.62. The summed E-state index contributed by atoms with van der Waals surface area (Å²) in [5, 5.41) is 3.24. The van der Waals surface area contributed by atoms with E-state index >= 15 is 0 Å². The third-order valence-electron chi connectivity index (χ3n) is 3.83. The van der Waals surface area contributed by atoms with Crippen LogP contribution in [0.15, 0.2) is 79.3 Å². The molecule has 0 aliphatic carbocycles. The van der Waals surface area contributed by atoms with Gasteiger partial charge in [0.15, 0.2) is 0 Å². The van der Waals surface area contributed by atoms with E-state index in [2.05, 4.69) is 35.1 Å². The van der Waals surface area contributed by atoms with E-state index in [0.717, 1.165) is 39.5 Å². The first-order valence-electron chi connectivity index (χ1n) is 7.46. The lowest BCUT2D eigenvalue weighted by atomic mass is 9.97. The number of hydrogen-bond acceptors (Lipinski definition) is 3. The standard InChI is InChI=1S/C20H15N3/c1-14-7-8-17-13-18(15-9-11-21-12-10-15)19(23-20(17)22-14)16-5-3-2-4-6-16/h2-13H,1H2,(H,22,23). The molecule has 1 aliphatic heterocycles. The molecule has 3 nitrogen and oxygen atoms in total. The van der Waals surface area contributed by atoms with Gasteiger partial charge in [-0.1, -0.05) is 36.9 Å². The molecule has 0 amide bonds. The van der Waals surface area contributed by atoms with Crippen LogP contribution in [-0.4, -0.2) is 9.97 Å². The Morgan fingerprint density at radius 2 is 1.65 bits per heavy atom. The molecule has 23 heavy (non-hydrogen) atoms. The maximum Gasteiger partial charge on any atom is 0.138 e. The minimum atomic E-state index is 0.842. The Labute approximate surface area is 135 Å². The number of fused-ring (bicyclic) bond motifs is 1. The highest BCUT2D eigenvalue weighted by atomic mass is 15.0. The molecule has 0 bridgehead atoms. The molecule has 0 fully saturated rings. The van der Waals surface area contributed by atoms with E-state index in [1.54, 1.807) is 12.4 Å². The third-order valence-corrected chi connectivity index (χ3v) is 3.83. The van der Waals surface area contributed by atoms with Gasteiger partial charge in [-0.25, -0.2) is 4.98 Å². The van der Waals surface area contributed by atoms with Gasteiger partial charge in [-0.2, -0.15) is 0 Å². The van der Waals surface area contributed by atoms with Crippen molar-refractivity contribution in [3.05, 3.63) is 84.8 Å². The summed E-state index contributed by atoms with van der Waals surface area (Å²) in [6.07, 6.45) is 7.61. The Morgan fingerprint density at radius 1 is 0.870 bits per heavy atom. The molecular formula is C20H15N3. The van der Waals surface area contributed by atoms with Gasteiger partial charge >= 0.3 is 0 Å². The maximum absolute atomic E-state index is 4.87. The fraction of sp³-hybridized carbons (Fsp3) is 0. The molecule has 1 aliphatic rings. The smallest absolute Gasteiger partial charge is 0.138 e. The number of allylic oxidation sites excluding steroid dienone is 1. The summed E-state index contributed by atoms with van der Waals surface area (Å²) in [6.45, 7) is 3.95. The SMILES string of the molecule is C=C1C=Cc2cc(-c3ccncc3)c(-c3ccccc3)nc2N1. The number of nitrogens with zero attached hydrogens (tertiary/aromatic N) is 2. The molecule has 0 spiro atoms. The van der Waals surface area contributed by atoms with Crippen LogP contribution >= 0.6 is 0 Å². The van der Waals surface area contributed by atoms with Gasteiger partial charge in [0.25, 0.3) is 0 Å². The summed E-state index contributed by atoms with van der Waals surface area (Å²) in [6, 6.07) is 16.4. The largest absolute Gasteiger partial charge is 0.340 e. The van der Waals surface area contributed by atoms with Crippen LogP contribution in [0.3, 0.4) is 0 Å². The van der Waals surface area contributed by atoms with Crippen molar-refractivity contribution in [1.29, 1.82) is 0 Å². The van der Waals surface area contributed by atoms with Gasteiger partial charge in [0.2, 0.25) is 0 Å². The number of rotatable bonds is 2. The van der Waals surface area contributed by atoms with Crippen LogP contribution in [0.1, 0.15) is 5.56 Å². The van der Waals surface area contributed by atoms with Gasteiger partial charge in [-0.15, -0.1) is 0 Å². The van der Waals surface area contributed by atoms with Gasteiger partial charge in [0.05, 0.1) is 5.69 Å². The summed E-state index contributed by atoms with van der Waals surface area (Å²) in [4.78, 5) is 8.98. The maximum atomic E-state index is 4.87. The molecule has 1 aromatic carbocycles. The number of pyridine rings is 2. The van der Waals surface area contributed by atoms with Gasteiger partial charge in [-0.05, 0) is 35.9 Å². The molecule has 0 atom stereocenters. The number of hydrogen-bond donors (Lipinski definition) is 1. The number of aromatic nitrogens is 2. The van der Waals surface area contributed by atoms with Crippen molar-refractivity contribution in [3.8, 4) is 22.4 Å². The van der Waals surface area contributed by atoms with Crippen molar-refractivity contribution in [2.75, 3.05) is 5.32 Å². The normalized spacial score (nSPS) is 12.6. The Morgan fingerprint density at radius 3 is 2.43 bits per heavy atom. The molecule has 110 valence electrons. The molecule has 2 aromatic heterocycles. The molecule has 4 rings (SSSR count). The van der Waals surface area contributed by atoms with Crippen LogP contribution in [0.5, 0.6) is 0 Å². The van der Waals surface area contributed by atoms with Crippen LogP contribution in [0.4, 0.5) is 5.82 Å². The van der Waals surface area contributed by atoms with Crippen LogP contribution in [-0.2, 0) is 0 Å². The lowest BCUT2D eigenvalue weighted by Gasteiger charge is -2.18. The fourth-order valence-corrected chi connectivity index (χ4v) is 2.71. The van der Waals surface area contributed by atoms with Crippen molar-refractivity contribution in [1.82, 2.24) is 9.97 Å². The summed E-state index contributed by atoms with van der Waals surface area (Å²) in [5.74, 6) is 0.842. The van der Waals surface area contributed by atoms with Gasteiger partial charge in [-0.3, -0.25) is 4.98 Å². The second kappa shape index (κ2) is 5.54. The van der Waals surface area contributed by atoms with Crippen LogP contribution < -0.4 is 5.32 Å². The molecule has 0 radical (unpaired) electrons. The van der Waals surface area contributed by atoms with Crippen molar-refractivity contribution in [3.63, 3.8) is 0 Å². The number of benzene rings is 1. The molecule has 3 heteroatoms. The molecule has 3 heterocycles. The van der Waals surface area contributed by atoms with E-state index in [1.807, 2.05) is 42.5 Å². The Hall–Kier alpha value is -3.20. The van der Waals surface area contributed by atoms with Crippen molar-refractivity contribution in [2.24, 2.45) is 0 Å². The highest BCUT2D eigenvalue weighted by Crippen LogP contribution is 2.35. The first kappa shape index (κ1) is 13.5. The van der Waals surface area contributed by atoms with Gasteiger partial charge < -0.3 is 5.32 Å². The topological polar surface area (TPSA) is 37.8 Å². The Kier molecular flexibility index (Phi) is 3.24. The van der Waals surface area contributed by atoms with Crippen LogP contribution in [0.2, 0.25) is 0 Å². The van der Waals surface area contributed by atoms with E-state index in [1.165, 1.54) is 0 Å². The fourth-order valence-electron chi connectivity index (χ4n) is 2.71. The second-order valence-corrected chi connectivity index (χ2v) is 5.41. The van der Waals surface area contributed by atoms with Crippen molar-refractivity contribution < 1.29 is 0 Å². The second-order valence-electron chi connectivity index (χ2n) is 5.41. The summed E-state index contributed by atoms with van der Waals surface area (Å²) < 4.78 is 0. The third kappa shape index (κ3) is 2.53. The molecule has 3 aromatic rings. The predicted octanol–water partition coefficient (Wildman–Crippen LogP) is 4.76. The highest BCUT2D eigenvalue weighted by Gasteiger charge is 2.15.